The van der Waals surface area contributed by atoms with Crippen LogP contribution in [0.25, 0.3) is 11.0 Å². The van der Waals surface area contributed by atoms with Gasteiger partial charge in [-0.25, -0.2) is 19.6 Å². The fourth-order valence-electron chi connectivity index (χ4n) is 6.08. The molecule has 3 aromatic rings. The summed E-state index contributed by atoms with van der Waals surface area (Å²) in [4.78, 5) is 50.9. The van der Waals surface area contributed by atoms with Crippen molar-refractivity contribution in [3.05, 3.63) is 42.4 Å². The maximum atomic E-state index is 13.9. The molecule has 1 aromatic carbocycles. The number of likely N-dealkylation sites (N-methyl/N-ethyl adjacent to an activating group) is 1. The molecule has 0 aliphatic carbocycles. The number of ether oxygens (including phenoxy) is 2. The Labute approximate surface area is 282 Å². The van der Waals surface area contributed by atoms with Gasteiger partial charge in [-0.05, 0) is 36.6 Å². The van der Waals surface area contributed by atoms with E-state index < -0.39 is 65.9 Å². The summed E-state index contributed by atoms with van der Waals surface area (Å²) in [7, 11) is 2.92. The molecule has 268 valence electrons. The van der Waals surface area contributed by atoms with E-state index in [9.17, 15) is 48.0 Å². The number of aliphatic hydroxyl groups excluding tert-OH is 3. The number of aliphatic carboxylic acids is 1. The predicted molar refractivity (Wildman–Crippen MR) is 166 cm³/mol. The fraction of sp³-hybridized carbons (Fsp3) is 0.484. The van der Waals surface area contributed by atoms with Crippen molar-refractivity contribution in [1.29, 1.82) is 5.26 Å². The van der Waals surface area contributed by atoms with Gasteiger partial charge in [0.2, 0.25) is 12.2 Å². The minimum absolute atomic E-state index is 0.0986. The Balaban J connectivity index is 1.47. The first-order valence-electron chi connectivity index (χ1n) is 15.3. The van der Waals surface area contributed by atoms with Crippen LogP contribution in [0.4, 0.5) is 29.5 Å². The highest BCUT2D eigenvalue weighted by atomic mass is 19.4. The molecule has 19 heteroatoms. The molecular weight excluding hydrogens is 671 g/mol. The van der Waals surface area contributed by atoms with Crippen LogP contribution in [-0.2, 0) is 20.5 Å². The number of nitriles is 1. The maximum Gasteiger partial charge on any atom is 0.416 e. The van der Waals surface area contributed by atoms with E-state index in [4.69, 9.17) is 14.7 Å². The van der Waals surface area contributed by atoms with Crippen LogP contribution in [0.15, 0.2) is 36.8 Å². The largest absolute Gasteiger partial charge is 0.479 e. The van der Waals surface area contributed by atoms with Gasteiger partial charge in [0, 0.05) is 33.4 Å². The SMILES string of the molecule is C[C@@H]1CCN(C(=O)CC#N)C[C@@H]1N(C)c1ncnc2c1ccn2C(=O)N(C)c1cc(C(F)(F)F)ccc1O[C@@H]1O[C@H](C(=O)O)[C@@H](O)[C@H](O)[C@H]1O. The van der Waals surface area contributed by atoms with Gasteiger partial charge in [-0.1, -0.05) is 6.92 Å². The molecule has 16 nitrogen and oxygen atoms in total. The number of fused-ring (bicyclic) bond motifs is 1. The number of alkyl halides is 3. The first kappa shape index (κ1) is 36.3. The zero-order valence-corrected chi connectivity index (χ0v) is 26.9. The number of carbonyl (C=O) groups excluding carboxylic acids is 2. The van der Waals surface area contributed by atoms with E-state index in [1.165, 1.54) is 12.5 Å². The van der Waals surface area contributed by atoms with Crippen molar-refractivity contribution < 1.29 is 57.5 Å². The number of likely N-dealkylation sites (tertiary alicyclic amines) is 1. The molecule has 0 radical (unpaired) electrons. The number of rotatable bonds is 7. The number of amides is 2. The van der Waals surface area contributed by atoms with Crippen LogP contribution in [0.1, 0.15) is 25.3 Å². The van der Waals surface area contributed by atoms with E-state index >= 15 is 0 Å². The number of carbonyl (C=O) groups is 3. The second-order valence-electron chi connectivity index (χ2n) is 12.1. The van der Waals surface area contributed by atoms with Crippen LogP contribution in [0.3, 0.4) is 0 Å². The van der Waals surface area contributed by atoms with E-state index in [1.54, 1.807) is 18.0 Å². The van der Waals surface area contributed by atoms with Gasteiger partial charge < -0.3 is 39.7 Å². The minimum Gasteiger partial charge on any atom is -0.479 e. The van der Waals surface area contributed by atoms with Crippen molar-refractivity contribution in [3.63, 3.8) is 0 Å². The molecule has 2 aromatic heterocycles. The molecule has 4 N–H and O–H groups in total. The molecule has 2 aliphatic rings. The quantitative estimate of drug-likeness (QED) is 0.274. The average molecular weight is 706 g/mol. The molecular formula is C31H34F3N7O9. The lowest BCUT2D eigenvalue weighted by Gasteiger charge is -2.42. The van der Waals surface area contributed by atoms with E-state index in [2.05, 4.69) is 9.97 Å². The summed E-state index contributed by atoms with van der Waals surface area (Å²) in [5.74, 6) is -1.92. The monoisotopic (exact) mass is 705 g/mol. The Morgan fingerprint density at radius 2 is 1.84 bits per heavy atom. The number of nitrogens with zero attached hydrogens (tertiary/aromatic N) is 7. The molecule has 4 heterocycles. The maximum absolute atomic E-state index is 13.9. The van der Waals surface area contributed by atoms with Crippen LogP contribution in [0.2, 0.25) is 0 Å². The number of benzene rings is 1. The van der Waals surface area contributed by atoms with Gasteiger partial charge in [0.25, 0.3) is 0 Å². The lowest BCUT2D eigenvalue weighted by Crippen LogP contribution is -2.61. The number of hydrogen-bond acceptors (Lipinski definition) is 12. The molecule has 2 saturated heterocycles. The molecule has 0 bridgehead atoms. The molecule has 0 unspecified atom stereocenters. The summed E-state index contributed by atoms with van der Waals surface area (Å²) < 4.78 is 53.2. The van der Waals surface area contributed by atoms with Crippen molar-refractivity contribution in [2.24, 2.45) is 5.92 Å². The lowest BCUT2D eigenvalue weighted by molar-refractivity contribution is -0.271. The van der Waals surface area contributed by atoms with Crippen molar-refractivity contribution >= 4 is 40.4 Å². The molecule has 50 heavy (non-hydrogen) atoms. The van der Waals surface area contributed by atoms with Crippen LogP contribution >= 0.6 is 0 Å². The summed E-state index contributed by atoms with van der Waals surface area (Å²) in [5, 5.41) is 49.4. The average Bonchev–Trinajstić information content (AvgIpc) is 3.51. The van der Waals surface area contributed by atoms with Gasteiger partial charge in [0.1, 0.15) is 42.6 Å². The third-order valence-electron chi connectivity index (χ3n) is 8.99. The second kappa shape index (κ2) is 14.1. The van der Waals surface area contributed by atoms with Crippen molar-refractivity contribution in [1.82, 2.24) is 19.4 Å². The molecule has 0 spiro atoms. The fourth-order valence-corrected chi connectivity index (χ4v) is 6.08. The van der Waals surface area contributed by atoms with Crippen LogP contribution in [-0.4, -0.2) is 122 Å². The standard InChI is InChI=1S/C31H34F3N7O9/c1-15-7-10-40(21(42)6-9-35)13-19(15)38(2)26-17-8-11-41(27(17)37-14-36-26)30(48)39(3)18-12-16(31(32,33)34)4-5-20(18)49-29-24(45)22(43)23(44)25(50-29)28(46)47/h4-5,8,11-12,14-15,19,22-25,29,43-45H,6-7,10,13H2,1-3H3,(H,46,47)/t15-,19+,22+,23+,24-,25+,29-/m1/s1. The highest BCUT2D eigenvalue weighted by Crippen LogP contribution is 2.39. The highest BCUT2D eigenvalue weighted by molar-refractivity contribution is 6.01. The summed E-state index contributed by atoms with van der Waals surface area (Å²) in [6, 6.07) is 4.38. The third-order valence-corrected chi connectivity index (χ3v) is 8.99. The first-order valence-corrected chi connectivity index (χ1v) is 15.3. The summed E-state index contributed by atoms with van der Waals surface area (Å²) in [5.41, 5.74) is -1.54. The van der Waals surface area contributed by atoms with E-state index in [1.807, 2.05) is 17.9 Å². The topological polar surface area (TPSA) is 215 Å². The Morgan fingerprint density at radius 1 is 1.12 bits per heavy atom. The van der Waals surface area contributed by atoms with Gasteiger partial charge in [0.05, 0.1) is 28.7 Å². The Bertz CT molecular complexity index is 1820. The Morgan fingerprint density at radius 3 is 2.50 bits per heavy atom. The van der Waals surface area contributed by atoms with E-state index in [0.29, 0.717) is 42.8 Å². The van der Waals surface area contributed by atoms with Crippen LogP contribution in [0.5, 0.6) is 5.75 Å². The zero-order valence-electron chi connectivity index (χ0n) is 26.9. The number of piperidine rings is 1. The number of halogens is 3. The zero-order chi connectivity index (χ0) is 36.7. The number of carboxylic acid groups (broad SMARTS) is 1. The smallest absolute Gasteiger partial charge is 0.416 e. The minimum atomic E-state index is -4.86. The highest BCUT2D eigenvalue weighted by Gasteiger charge is 2.48. The predicted octanol–water partition coefficient (Wildman–Crippen LogP) is 1.41. The Hall–Kier alpha value is -5.03. The number of hydrogen-bond donors (Lipinski definition) is 4. The van der Waals surface area contributed by atoms with Crippen molar-refractivity contribution in [2.75, 3.05) is 37.0 Å². The number of aromatic nitrogens is 3. The molecule has 2 fully saturated rings. The molecule has 0 saturated carbocycles. The number of aliphatic hydroxyl groups is 3. The van der Waals surface area contributed by atoms with Crippen LogP contribution in [0, 0.1) is 17.2 Å². The normalized spacial score (nSPS) is 25.5. The van der Waals surface area contributed by atoms with Gasteiger partial charge in [-0.2, -0.15) is 18.4 Å². The number of anilines is 2. The summed E-state index contributed by atoms with van der Waals surface area (Å²) in [6.45, 7) is 2.84. The summed E-state index contributed by atoms with van der Waals surface area (Å²) >= 11 is 0. The number of carboxylic acids is 1. The summed E-state index contributed by atoms with van der Waals surface area (Å²) in [6.07, 6.45) is -12.0. The van der Waals surface area contributed by atoms with Gasteiger partial charge >= 0.3 is 18.2 Å². The van der Waals surface area contributed by atoms with E-state index in [-0.39, 0.29) is 29.9 Å². The van der Waals surface area contributed by atoms with Crippen LogP contribution < -0.4 is 14.5 Å². The van der Waals surface area contributed by atoms with Crippen molar-refractivity contribution in [3.8, 4) is 11.8 Å². The molecule has 5 rings (SSSR count). The molecule has 7 atom stereocenters. The van der Waals surface area contributed by atoms with Gasteiger partial charge in [0.15, 0.2) is 11.8 Å². The third kappa shape index (κ3) is 6.87. The van der Waals surface area contributed by atoms with E-state index in [0.717, 1.165) is 22.6 Å². The first-order chi connectivity index (χ1) is 23.5. The second-order valence-corrected chi connectivity index (χ2v) is 12.1. The molecule has 2 amide bonds. The van der Waals surface area contributed by atoms with Gasteiger partial charge in [-0.15, -0.1) is 0 Å². The Kier molecular flexibility index (Phi) is 10.2. The van der Waals surface area contributed by atoms with Crippen molar-refractivity contribution in [2.45, 2.75) is 62.7 Å². The lowest BCUT2D eigenvalue weighted by atomic mass is 9.92. The van der Waals surface area contributed by atoms with Gasteiger partial charge in [-0.3, -0.25) is 14.3 Å². The molecule has 2 aliphatic heterocycles.